The molecule has 0 aliphatic carbocycles. The van der Waals surface area contributed by atoms with Crippen molar-refractivity contribution < 1.29 is 4.79 Å². The second-order valence-corrected chi connectivity index (χ2v) is 5.35. The Morgan fingerprint density at radius 3 is 2.89 bits per heavy atom. The van der Waals surface area contributed by atoms with Crippen LogP contribution in [-0.4, -0.2) is 26.5 Å². The van der Waals surface area contributed by atoms with Gasteiger partial charge in [0.15, 0.2) is 5.82 Å². The number of hydrogen-bond donors (Lipinski definition) is 2. The molecule has 2 rings (SSSR count). The molecule has 19 heavy (non-hydrogen) atoms. The number of hydrogen-bond acceptors (Lipinski definition) is 4. The van der Waals surface area contributed by atoms with Crippen LogP contribution < -0.4 is 5.32 Å². The van der Waals surface area contributed by atoms with Gasteiger partial charge in [-0.05, 0) is 29.7 Å². The van der Waals surface area contributed by atoms with E-state index in [1.165, 1.54) is 0 Å². The molecule has 1 amide bonds. The second-order valence-electron chi connectivity index (χ2n) is 4.44. The lowest BCUT2D eigenvalue weighted by Gasteiger charge is -2.14. The Kier molecular flexibility index (Phi) is 4.26. The van der Waals surface area contributed by atoms with Crippen molar-refractivity contribution in [1.82, 2.24) is 20.6 Å². The van der Waals surface area contributed by atoms with Gasteiger partial charge in [-0.3, -0.25) is 4.79 Å². The Labute approximate surface area is 119 Å². The highest BCUT2D eigenvalue weighted by atomic mass is 79.9. The summed E-state index contributed by atoms with van der Waals surface area (Å²) < 4.78 is 0.993. The summed E-state index contributed by atoms with van der Waals surface area (Å²) in [7, 11) is 0. The molecule has 7 heteroatoms. The van der Waals surface area contributed by atoms with Crippen molar-refractivity contribution in [2.75, 3.05) is 5.32 Å². The van der Waals surface area contributed by atoms with Gasteiger partial charge in [-0.25, -0.2) is 0 Å². The number of nitrogens with one attached hydrogen (secondary N) is 2. The summed E-state index contributed by atoms with van der Waals surface area (Å²) >= 11 is 3.43. The zero-order valence-electron chi connectivity index (χ0n) is 10.6. The normalized spacial score (nSPS) is 10.7. The Bertz CT molecular complexity index is 568. The third-order valence-electron chi connectivity index (χ3n) is 2.62. The molecule has 0 saturated heterocycles. The van der Waals surface area contributed by atoms with Crippen LogP contribution in [0.1, 0.15) is 31.2 Å². The van der Waals surface area contributed by atoms with Crippen LogP contribution >= 0.6 is 15.9 Å². The molecule has 0 radical (unpaired) electrons. The van der Waals surface area contributed by atoms with Gasteiger partial charge >= 0.3 is 0 Å². The highest BCUT2D eigenvalue weighted by Crippen LogP contribution is 2.27. The number of aromatic amines is 1. The molecule has 0 spiro atoms. The van der Waals surface area contributed by atoms with Gasteiger partial charge in [0, 0.05) is 10.2 Å². The van der Waals surface area contributed by atoms with Crippen molar-refractivity contribution >= 4 is 27.5 Å². The van der Waals surface area contributed by atoms with E-state index in [0.717, 1.165) is 15.7 Å². The Hall–Kier alpha value is -1.76. The van der Waals surface area contributed by atoms with Gasteiger partial charge in [0.05, 0.1) is 6.42 Å². The molecule has 100 valence electrons. The van der Waals surface area contributed by atoms with Crippen molar-refractivity contribution in [3.63, 3.8) is 0 Å². The molecule has 2 N–H and O–H groups in total. The van der Waals surface area contributed by atoms with Gasteiger partial charge < -0.3 is 5.32 Å². The molecule has 0 fully saturated rings. The minimum Gasteiger partial charge on any atom is -0.325 e. The van der Waals surface area contributed by atoms with Gasteiger partial charge in [0.2, 0.25) is 5.91 Å². The topological polar surface area (TPSA) is 83.6 Å². The van der Waals surface area contributed by atoms with Gasteiger partial charge in [-0.15, -0.1) is 10.2 Å². The van der Waals surface area contributed by atoms with Crippen LogP contribution in [-0.2, 0) is 11.2 Å². The molecule has 1 heterocycles. The van der Waals surface area contributed by atoms with Gasteiger partial charge in [0.1, 0.15) is 0 Å². The Morgan fingerprint density at radius 2 is 2.26 bits per heavy atom. The number of carbonyl (C=O) groups excluding carboxylic acids is 1. The average Bonchev–Trinajstić information content (AvgIpc) is 2.83. The Balaban J connectivity index is 2.12. The summed E-state index contributed by atoms with van der Waals surface area (Å²) in [5.74, 6) is 0.532. The molecule has 6 nitrogen and oxygen atoms in total. The molecule has 1 aromatic heterocycles. The van der Waals surface area contributed by atoms with Crippen LogP contribution in [0.5, 0.6) is 0 Å². The first-order valence-corrected chi connectivity index (χ1v) is 6.67. The largest absolute Gasteiger partial charge is 0.325 e. The van der Waals surface area contributed by atoms with E-state index in [0.29, 0.717) is 11.7 Å². The van der Waals surface area contributed by atoms with Crippen LogP contribution in [0.15, 0.2) is 22.7 Å². The number of rotatable bonds is 4. The van der Waals surface area contributed by atoms with E-state index in [9.17, 15) is 4.79 Å². The fourth-order valence-corrected chi connectivity index (χ4v) is 2.10. The molecule has 2 aromatic rings. The second kappa shape index (κ2) is 5.92. The number of carbonyl (C=O) groups is 1. The third-order valence-corrected chi connectivity index (χ3v) is 3.11. The SMILES string of the molecule is CC(C)c1cc(Br)ccc1NC(=O)Cc1nn[nH]n1. The monoisotopic (exact) mass is 323 g/mol. The summed E-state index contributed by atoms with van der Waals surface area (Å²) in [5.41, 5.74) is 1.89. The van der Waals surface area contributed by atoms with E-state index in [1.807, 2.05) is 18.2 Å². The van der Waals surface area contributed by atoms with E-state index in [1.54, 1.807) is 0 Å². The lowest BCUT2D eigenvalue weighted by molar-refractivity contribution is -0.115. The summed E-state index contributed by atoms with van der Waals surface area (Å²) in [6.45, 7) is 4.16. The minimum atomic E-state index is -0.161. The lowest BCUT2D eigenvalue weighted by atomic mass is 10.0. The number of anilines is 1. The zero-order chi connectivity index (χ0) is 13.8. The maximum absolute atomic E-state index is 11.9. The quantitative estimate of drug-likeness (QED) is 0.904. The zero-order valence-corrected chi connectivity index (χ0v) is 12.2. The van der Waals surface area contributed by atoms with Crippen molar-refractivity contribution in [1.29, 1.82) is 0 Å². The molecule has 0 unspecified atom stereocenters. The molecule has 1 aromatic carbocycles. The first kappa shape index (κ1) is 13.7. The summed E-state index contributed by atoms with van der Waals surface area (Å²) in [4.78, 5) is 11.9. The first-order chi connectivity index (χ1) is 9.06. The Morgan fingerprint density at radius 1 is 1.47 bits per heavy atom. The predicted molar refractivity (Wildman–Crippen MR) is 74.7 cm³/mol. The van der Waals surface area contributed by atoms with Crippen molar-refractivity contribution in [2.24, 2.45) is 0 Å². The highest BCUT2D eigenvalue weighted by Gasteiger charge is 2.12. The van der Waals surface area contributed by atoms with E-state index in [2.05, 4.69) is 55.7 Å². The molecular weight excluding hydrogens is 310 g/mol. The third kappa shape index (κ3) is 3.60. The number of amides is 1. The number of H-pyrrole nitrogens is 1. The lowest BCUT2D eigenvalue weighted by Crippen LogP contribution is -2.16. The molecular formula is C12H14BrN5O. The fraction of sp³-hybridized carbons (Fsp3) is 0.333. The van der Waals surface area contributed by atoms with Crippen molar-refractivity contribution in [2.45, 2.75) is 26.2 Å². The van der Waals surface area contributed by atoms with Crippen LogP contribution in [0, 0.1) is 0 Å². The van der Waals surface area contributed by atoms with Crippen molar-refractivity contribution in [3.05, 3.63) is 34.1 Å². The van der Waals surface area contributed by atoms with Crippen LogP contribution in [0.25, 0.3) is 0 Å². The fourth-order valence-electron chi connectivity index (χ4n) is 1.72. The van der Waals surface area contributed by atoms with Crippen molar-refractivity contribution in [3.8, 4) is 0 Å². The highest BCUT2D eigenvalue weighted by molar-refractivity contribution is 9.10. The van der Waals surface area contributed by atoms with Crippen LogP contribution in [0.2, 0.25) is 0 Å². The maximum Gasteiger partial charge on any atom is 0.232 e. The van der Waals surface area contributed by atoms with Gasteiger partial charge in [0.25, 0.3) is 0 Å². The number of halogens is 1. The predicted octanol–water partition coefficient (Wildman–Crippen LogP) is 2.27. The summed E-state index contributed by atoms with van der Waals surface area (Å²) in [6.07, 6.45) is 0.101. The smallest absolute Gasteiger partial charge is 0.232 e. The maximum atomic E-state index is 11.9. The van der Waals surface area contributed by atoms with Crippen LogP contribution in [0.3, 0.4) is 0 Å². The number of nitrogens with zero attached hydrogens (tertiary/aromatic N) is 3. The van der Waals surface area contributed by atoms with E-state index in [-0.39, 0.29) is 12.3 Å². The molecule has 0 bridgehead atoms. The molecule has 0 saturated carbocycles. The average molecular weight is 324 g/mol. The molecule has 0 aliphatic rings. The molecule has 0 atom stereocenters. The van der Waals surface area contributed by atoms with E-state index < -0.39 is 0 Å². The number of tetrazole rings is 1. The minimum absolute atomic E-state index is 0.101. The number of benzene rings is 1. The molecule has 0 aliphatic heterocycles. The van der Waals surface area contributed by atoms with Gasteiger partial charge in [-0.2, -0.15) is 5.21 Å². The first-order valence-electron chi connectivity index (χ1n) is 5.88. The van der Waals surface area contributed by atoms with Crippen LogP contribution in [0.4, 0.5) is 5.69 Å². The van der Waals surface area contributed by atoms with E-state index in [4.69, 9.17) is 0 Å². The number of aromatic nitrogens is 4. The van der Waals surface area contributed by atoms with Gasteiger partial charge in [-0.1, -0.05) is 35.0 Å². The summed E-state index contributed by atoms with van der Waals surface area (Å²) in [5, 5.41) is 16.1. The standard InChI is InChI=1S/C12H14BrN5O/c1-7(2)9-5-8(13)3-4-10(9)14-12(19)6-11-15-17-18-16-11/h3-5,7H,6H2,1-2H3,(H,14,19)(H,15,16,17,18). The van der Waals surface area contributed by atoms with E-state index >= 15 is 0 Å². The summed E-state index contributed by atoms with van der Waals surface area (Å²) in [6, 6.07) is 5.79.